The molecule has 8 nitrogen and oxygen atoms in total. The molecule has 0 saturated carbocycles. The fraction of sp³-hybridized carbons (Fsp3) is 0. The minimum atomic E-state index is -0.636. The van der Waals surface area contributed by atoms with Crippen LogP contribution in [0.2, 0.25) is 0 Å². The lowest BCUT2D eigenvalue weighted by atomic mass is 10.1. The maximum Gasteiger partial charge on any atom is 0.262 e. The predicted octanol–water partition coefficient (Wildman–Crippen LogP) is 2.11. The van der Waals surface area contributed by atoms with Crippen molar-refractivity contribution in [3.8, 4) is 17.1 Å². The van der Waals surface area contributed by atoms with Crippen LogP contribution >= 0.6 is 0 Å². The van der Waals surface area contributed by atoms with Gasteiger partial charge in [0.25, 0.3) is 17.4 Å². The minimum Gasteiger partial charge on any atom is -0.436 e. The number of benzene rings is 2. The Labute approximate surface area is 157 Å². The maximum atomic E-state index is 12.7. The van der Waals surface area contributed by atoms with E-state index in [1.54, 1.807) is 30.3 Å². The van der Waals surface area contributed by atoms with E-state index in [1.807, 2.05) is 18.2 Å². The minimum absolute atomic E-state index is 0.0167. The Morgan fingerprint density at radius 1 is 0.929 bits per heavy atom. The third-order valence-corrected chi connectivity index (χ3v) is 4.62. The van der Waals surface area contributed by atoms with E-state index in [-0.39, 0.29) is 16.9 Å². The van der Waals surface area contributed by atoms with Crippen LogP contribution in [0.15, 0.2) is 63.8 Å². The van der Waals surface area contributed by atoms with Gasteiger partial charge in [0.15, 0.2) is 5.58 Å². The summed E-state index contributed by atoms with van der Waals surface area (Å²) >= 11 is 0. The van der Waals surface area contributed by atoms with Gasteiger partial charge in [-0.3, -0.25) is 24.3 Å². The molecule has 3 N–H and O–H groups in total. The number of carbonyl (C=O) groups excluding carboxylic acids is 2. The van der Waals surface area contributed by atoms with Crippen LogP contribution in [0.1, 0.15) is 20.7 Å². The number of nitrogens with one attached hydrogen (secondary N) is 1. The van der Waals surface area contributed by atoms with Gasteiger partial charge in [0.05, 0.1) is 22.4 Å². The van der Waals surface area contributed by atoms with Crippen LogP contribution in [-0.2, 0) is 0 Å². The number of nitrogens with zero attached hydrogens (tertiary/aromatic N) is 2. The van der Waals surface area contributed by atoms with Crippen molar-refractivity contribution in [2.45, 2.75) is 0 Å². The second-order valence-corrected chi connectivity index (χ2v) is 6.28. The Balaban J connectivity index is 1.79. The van der Waals surface area contributed by atoms with Gasteiger partial charge in [-0.1, -0.05) is 24.3 Å². The molecule has 0 saturated heterocycles. The van der Waals surface area contributed by atoms with Gasteiger partial charge >= 0.3 is 0 Å². The lowest BCUT2D eigenvalue weighted by molar-refractivity contribution is 0.0880. The van der Waals surface area contributed by atoms with E-state index in [0.717, 1.165) is 6.07 Å². The summed E-state index contributed by atoms with van der Waals surface area (Å²) in [7, 11) is 0. The number of hydrogen-bond acceptors (Lipinski definition) is 6. The second-order valence-electron chi connectivity index (χ2n) is 6.28. The summed E-state index contributed by atoms with van der Waals surface area (Å²) in [5.41, 5.74) is 7.76. The molecule has 2 aromatic heterocycles. The van der Waals surface area contributed by atoms with Crippen molar-refractivity contribution in [1.82, 2.24) is 14.9 Å². The molecular weight excluding hydrogens is 360 g/mol. The highest BCUT2D eigenvalue weighted by atomic mass is 16.3. The van der Waals surface area contributed by atoms with Crippen molar-refractivity contribution in [1.29, 1.82) is 0 Å². The van der Waals surface area contributed by atoms with Gasteiger partial charge in [-0.05, 0) is 24.3 Å². The number of aromatic nitrogens is 2. The number of para-hydroxylation sites is 3. The van der Waals surface area contributed by atoms with Gasteiger partial charge < -0.3 is 10.2 Å². The molecule has 0 spiro atoms. The molecule has 0 aliphatic carbocycles. The topological polar surface area (TPSA) is 120 Å². The molecule has 0 atom stereocenters. The largest absolute Gasteiger partial charge is 0.436 e. The number of anilines is 1. The Morgan fingerprint density at radius 2 is 1.68 bits per heavy atom. The van der Waals surface area contributed by atoms with Crippen LogP contribution in [-0.4, -0.2) is 21.4 Å². The molecule has 1 aliphatic heterocycles. The molecule has 8 heteroatoms. The van der Waals surface area contributed by atoms with Crippen molar-refractivity contribution in [2.24, 2.45) is 0 Å². The highest BCUT2D eigenvalue weighted by Gasteiger charge is 2.32. The first-order valence-corrected chi connectivity index (χ1v) is 8.41. The summed E-state index contributed by atoms with van der Waals surface area (Å²) in [6.45, 7) is 0. The van der Waals surface area contributed by atoms with Crippen molar-refractivity contribution in [3.05, 3.63) is 76.1 Å². The maximum absolute atomic E-state index is 12.7. The highest BCUT2D eigenvalue weighted by Crippen LogP contribution is 2.31. The van der Waals surface area contributed by atoms with Gasteiger partial charge in [0.1, 0.15) is 11.3 Å². The van der Waals surface area contributed by atoms with E-state index < -0.39 is 17.4 Å². The van der Waals surface area contributed by atoms with Crippen LogP contribution in [0.25, 0.3) is 28.2 Å². The molecule has 0 bridgehead atoms. The standard InChI is InChI=1S/C20H12N4O4/c21-17-16-11(18(26)23-19(16)27)9-15(25)24(17)13-7-3-1-5-10(13)20-22-12-6-2-4-8-14(12)28-20/h1-9H,21H2,(H,23,26,27). The normalized spacial score (nSPS) is 13.0. The smallest absolute Gasteiger partial charge is 0.262 e. The van der Waals surface area contributed by atoms with E-state index in [9.17, 15) is 14.4 Å². The number of carbonyl (C=O) groups is 2. The summed E-state index contributed by atoms with van der Waals surface area (Å²) in [4.78, 5) is 41.2. The summed E-state index contributed by atoms with van der Waals surface area (Å²) in [5.74, 6) is -1.08. The molecule has 0 unspecified atom stereocenters. The average Bonchev–Trinajstić information content (AvgIpc) is 3.23. The number of amides is 2. The lowest BCUT2D eigenvalue weighted by Gasteiger charge is -2.14. The summed E-state index contributed by atoms with van der Waals surface area (Å²) in [6.07, 6.45) is 0. The molecule has 2 aromatic carbocycles. The molecule has 136 valence electrons. The van der Waals surface area contributed by atoms with Gasteiger partial charge in [-0.25, -0.2) is 4.98 Å². The van der Waals surface area contributed by atoms with Gasteiger partial charge in [-0.2, -0.15) is 0 Å². The quantitative estimate of drug-likeness (QED) is 0.520. The predicted molar refractivity (Wildman–Crippen MR) is 101 cm³/mol. The molecule has 3 heterocycles. The zero-order chi connectivity index (χ0) is 19.4. The van der Waals surface area contributed by atoms with E-state index in [1.165, 1.54) is 4.57 Å². The van der Waals surface area contributed by atoms with Crippen molar-refractivity contribution in [3.63, 3.8) is 0 Å². The van der Waals surface area contributed by atoms with Crippen LogP contribution in [0.5, 0.6) is 0 Å². The molecule has 4 aromatic rings. The molecule has 1 aliphatic rings. The average molecular weight is 372 g/mol. The van der Waals surface area contributed by atoms with Crippen LogP contribution < -0.4 is 16.6 Å². The summed E-state index contributed by atoms with van der Waals surface area (Å²) in [5, 5.41) is 2.15. The third-order valence-electron chi connectivity index (χ3n) is 4.62. The molecule has 0 fully saturated rings. The van der Waals surface area contributed by atoms with Gasteiger partial charge in [0.2, 0.25) is 5.89 Å². The zero-order valence-corrected chi connectivity index (χ0v) is 14.3. The third kappa shape index (κ3) is 2.18. The number of imide groups is 1. The fourth-order valence-electron chi connectivity index (χ4n) is 3.36. The number of hydrogen-bond donors (Lipinski definition) is 2. The molecule has 2 amide bonds. The number of nitrogens with two attached hydrogens (primary N) is 1. The second kappa shape index (κ2) is 5.65. The van der Waals surface area contributed by atoms with Crippen LogP contribution in [0.3, 0.4) is 0 Å². The number of pyridine rings is 1. The first kappa shape index (κ1) is 16.0. The van der Waals surface area contributed by atoms with Crippen molar-refractivity contribution in [2.75, 3.05) is 5.73 Å². The SMILES string of the molecule is Nc1c2c(cc(=O)n1-c1ccccc1-c1nc3ccccc3o1)C(=O)NC2=O. The van der Waals surface area contributed by atoms with E-state index in [0.29, 0.717) is 28.2 Å². The van der Waals surface area contributed by atoms with E-state index >= 15 is 0 Å². The highest BCUT2D eigenvalue weighted by molar-refractivity contribution is 6.23. The first-order valence-electron chi connectivity index (χ1n) is 8.41. The van der Waals surface area contributed by atoms with E-state index in [4.69, 9.17) is 10.2 Å². The molecule has 5 rings (SSSR count). The van der Waals surface area contributed by atoms with E-state index in [2.05, 4.69) is 10.3 Å². The lowest BCUT2D eigenvalue weighted by Crippen LogP contribution is -2.24. The Bertz CT molecular complexity index is 1330. The Hall–Kier alpha value is -4.20. The van der Waals surface area contributed by atoms with Gasteiger partial charge in [-0.15, -0.1) is 0 Å². The number of rotatable bonds is 2. The monoisotopic (exact) mass is 372 g/mol. The van der Waals surface area contributed by atoms with Crippen LogP contribution in [0.4, 0.5) is 5.82 Å². The van der Waals surface area contributed by atoms with Gasteiger partial charge in [0, 0.05) is 6.07 Å². The molecule has 28 heavy (non-hydrogen) atoms. The Kier molecular flexibility index (Phi) is 3.23. The first-order chi connectivity index (χ1) is 13.5. The summed E-state index contributed by atoms with van der Waals surface area (Å²) in [6, 6.07) is 15.3. The van der Waals surface area contributed by atoms with Crippen LogP contribution in [0, 0.1) is 0 Å². The van der Waals surface area contributed by atoms with Crippen molar-refractivity contribution >= 4 is 28.7 Å². The number of nitrogen functional groups attached to an aromatic ring is 1. The fourth-order valence-corrected chi connectivity index (χ4v) is 3.36. The number of fused-ring (bicyclic) bond motifs is 2. The molecule has 0 radical (unpaired) electrons. The number of oxazole rings is 1. The Morgan fingerprint density at radius 3 is 2.50 bits per heavy atom. The summed E-state index contributed by atoms with van der Waals surface area (Å²) < 4.78 is 7.01. The zero-order valence-electron chi connectivity index (χ0n) is 14.3. The van der Waals surface area contributed by atoms with Crippen molar-refractivity contribution < 1.29 is 14.0 Å². The molecular formula is C20H12N4O4.